The summed E-state index contributed by atoms with van der Waals surface area (Å²) in [7, 11) is 0. The first kappa shape index (κ1) is 14.9. The van der Waals surface area contributed by atoms with Crippen LogP contribution in [0.5, 0.6) is 0 Å². The van der Waals surface area contributed by atoms with Gasteiger partial charge in [-0.1, -0.05) is 20.8 Å². The summed E-state index contributed by atoms with van der Waals surface area (Å²) in [6.45, 7) is 11.1. The second-order valence-corrected chi connectivity index (χ2v) is 7.52. The van der Waals surface area contributed by atoms with Gasteiger partial charge in [0.1, 0.15) is 0 Å². The van der Waals surface area contributed by atoms with Crippen LogP contribution in [0.25, 0.3) is 4.96 Å². The number of piperidine rings is 1. The largest absolute Gasteiger partial charge is 0.352 e. The number of imidazole rings is 1. The fraction of sp³-hybridized carbons (Fsp3) is 0.688. The number of nitrogens with zero attached hydrogens (tertiary/aromatic N) is 3. The smallest absolute Gasteiger partial charge is 0.195 e. The molecule has 0 amide bonds. The van der Waals surface area contributed by atoms with Crippen molar-refractivity contribution in [2.24, 2.45) is 5.92 Å². The van der Waals surface area contributed by atoms with Gasteiger partial charge in [-0.2, -0.15) is 0 Å². The topological polar surface area (TPSA) is 32.6 Å². The maximum Gasteiger partial charge on any atom is 0.195 e. The average molecular weight is 306 g/mol. The lowest BCUT2D eigenvalue weighted by atomic mass is 9.93. The number of aromatic nitrogens is 2. The molecule has 116 valence electrons. The van der Waals surface area contributed by atoms with Crippen molar-refractivity contribution in [2.45, 2.75) is 59.2 Å². The van der Waals surface area contributed by atoms with Gasteiger partial charge in [0.25, 0.3) is 0 Å². The summed E-state index contributed by atoms with van der Waals surface area (Å²) in [6.07, 6.45) is 4.68. The highest BCUT2D eigenvalue weighted by Crippen LogP contribution is 2.31. The molecule has 1 N–H and O–H groups in total. The molecule has 0 radical (unpaired) electrons. The Kier molecular flexibility index (Phi) is 4.22. The minimum Gasteiger partial charge on any atom is -0.352 e. The van der Waals surface area contributed by atoms with Gasteiger partial charge in [-0.15, -0.1) is 11.3 Å². The van der Waals surface area contributed by atoms with Crippen molar-refractivity contribution in [3.8, 4) is 0 Å². The van der Waals surface area contributed by atoms with E-state index in [0.717, 1.165) is 24.0 Å². The quantitative estimate of drug-likeness (QED) is 0.938. The van der Waals surface area contributed by atoms with E-state index in [1.165, 1.54) is 24.4 Å². The van der Waals surface area contributed by atoms with E-state index in [9.17, 15) is 0 Å². The summed E-state index contributed by atoms with van der Waals surface area (Å²) in [5.41, 5.74) is 1.31. The standard InChI is InChI=1S/C16H26N4S/c1-11(2)17-10-14-15(18-16-20(14)7-8-21-16)19-6-5-12(3)9-13(19)4/h7-8,11-13,17H,5-6,9-10H2,1-4H3. The van der Waals surface area contributed by atoms with Gasteiger partial charge in [0.2, 0.25) is 0 Å². The molecule has 1 fully saturated rings. The van der Waals surface area contributed by atoms with Crippen molar-refractivity contribution in [3.63, 3.8) is 0 Å². The number of thiazole rings is 1. The Bertz CT molecular complexity index is 600. The minimum atomic E-state index is 0.487. The Labute approximate surface area is 131 Å². The first-order valence-corrected chi connectivity index (χ1v) is 8.88. The predicted octanol–water partition coefficient (Wildman–Crippen LogP) is 3.52. The third-order valence-corrected chi connectivity index (χ3v) is 5.18. The van der Waals surface area contributed by atoms with Crippen molar-refractivity contribution in [1.82, 2.24) is 14.7 Å². The fourth-order valence-electron chi connectivity index (χ4n) is 3.24. The molecule has 3 heterocycles. The Morgan fingerprint density at radius 1 is 1.43 bits per heavy atom. The predicted molar refractivity (Wildman–Crippen MR) is 90.3 cm³/mol. The molecule has 2 unspecified atom stereocenters. The van der Waals surface area contributed by atoms with Gasteiger partial charge >= 0.3 is 0 Å². The zero-order chi connectivity index (χ0) is 15.0. The molecular formula is C16H26N4S. The summed E-state index contributed by atoms with van der Waals surface area (Å²) in [5, 5.41) is 5.67. The SMILES string of the molecule is CC1CCN(c2nc3sccn3c2CNC(C)C)C(C)C1. The van der Waals surface area contributed by atoms with Crippen LogP contribution in [0.15, 0.2) is 11.6 Å². The monoisotopic (exact) mass is 306 g/mol. The van der Waals surface area contributed by atoms with Crippen LogP contribution in [-0.2, 0) is 6.54 Å². The van der Waals surface area contributed by atoms with Crippen molar-refractivity contribution in [1.29, 1.82) is 0 Å². The van der Waals surface area contributed by atoms with E-state index in [1.54, 1.807) is 11.3 Å². The number of nitrogens with one attached hydrogen (secondary N) is 1. The molecule has 0 bridgehead atoms. The van der Waals surface area contributed by atoms with Crippen molar-refractivity contribution < 1.29 is 0 Å². The lowest BCUT2D eigenvalue weighted by Gasteiger charge is -2.37. The van der Waals surface area contributed by atoms with Crippen LogP contribution in [0, 0.1) is 5.92 Å². The highest BCUT2D eigenvalue weighted by Gasteiger charge is 2.27. The number of rotatable bonds is 4. The zero-order valence-corrected chi connectivity index (χ0v) is 14.3. The lowest BCUT2D eigenvalue weighted by Crippen LogP contribution is -2.41. The Morgan fingerprint density at radius 3 is 2.95 bits per heavy atom. The van der Waals surface area contributed by atoms with Gasteiger partial charge in [0.05, 0.1) is 5.69 Å². The maximum absolute atomic E-state index is 4.92. The summed E-state index contributed by atoms with van der Waals surface area (Å²) >= 11 is 1.72. The molecule has 0 saturated carbocycles. The van der Waals surface area contributed by atoms with Crippen molar-refractivity contribution in [3.05, 3.63) is 17.3 Å². The molecule has 1 saturated heterocycles. The molecule has 0 spiro atoms. The fourth-order valence-corrected chi connectivity index (χ4v) is 3.97. The van der Waals surface area contributed by atoms with Crippen LogP contribution in [0.1, 0.15) is 46.2 Å². The van der Waals surface area contributed by atoms with Crippen LogP contribution in [0.2, 0.25) is 0 Å². The van der Waals surface area contributed by atoms with E-state index in [2.05, 4.69) is 53.9 Å². The van der Waals surface area contributed by atoms with E-state index >= 15 is 0 Å². The Hall–Kier alpha value is -1.07. The van der Waals surface area contributed by atoms with Gasteiger partial charge in [0.15, 0.2) is 10.8 Å². The zero-order valence-electron chi connectivity index (χ0n) is 13.5. The molecule has 3 rings (SSSR count). The third kappa shape index (κ3) is 2.94. The molecule has 0 aliphatic carbocycles. The molecule has 4 nitrogen and oxygen atoms in total. The maximum atomic E-state index is 4.92. The second-order valence-electron chi connectivity index (χ2n) is 6.65. The number of hydrogen-bond donors (Lipinski definition) is 1. The summed E-state index contributed by atoms with van der Waals surface area (Å²) < 4.78 is 2.25. The van der Waals surface area contributed by atoms with Crippen molar-refractivity contribution >= 4 is 22.1 Å². The van der Waals surface area contributed by atoms with Gasteiger partial charge in [-0.3, -0.25) is 4.40 Å². The van der Waals surface area contributed by atoms with Gasteiger partial charge in [-0.05, 0) is 25.7 Å². The van der Waals surface area contributed by atoms with E-state index < -0.39 is 0 Å². The van der Waals surface area contributed by atoms with E-state index in [1.807, 2.05) is 0 Å². The molecule has 2 aromatic heterocycles. The van der Waals surface area contributed by atoms with E-state index in [4.69, 9.17) is 4.98 Å². The molecule has 5 heteroatoms. The Morgan fingerprint density at radius 2 is 2.24 bits per heavy atom. The summed E-state index contributed by atoms with van der Waals surface area (Å²) in [6, 6.07) is 1.07. The second kappa shape index (κ2) is 5.97. The number of fused-ring (bicyclic) bond motifs is 1. The summed E-state index contributed by atoms with van der Waals surface area (Å²) in [4.78, 5) is 8.54. The molecule has 2 atom stereocenters. The van der Waals surface area contributed by atoms with Gasteiger partial charge in [0, 0.05) is 36.8 Å². The highest BCUT2D eigenvalue weighted by atomic mass is 32.1. The molecule has 1 aliphatic rings. The van der Waals surface area contributed by atoms with Crippen molar-refractivity contribution in [2.75, 3.05) is 11.4 Å². The van der Waals surface area contributed by atoms with Crippen LogP contribution in [0.3, 0.4) is 0 Å². The first-order chi connectivity index (χ1) is 10.1. The molecule has 2 aromatic rings. The normalized spacial score (nSPS) is 23.4. The minimum absolute atomic E-state index is 0.487. The number of hydrogen-bond acceptors (Lipinski definition) is 4. The van der Waals surface area contributed by atoms with Crippen LogP contribution in [0.4, 0.5) is 5.82 Å². The number of anilines is 1. The molecule has 1 aliphatic heterocycles. The van der Waals surface area contributed by atoms with E-state index in [-0.39, 0.29) is 0 Å². The molecular weight excluding hydrogens is 280 g/mol. The molecule has 0 aromatic carbocycles. The highest BCUT2D eigenvalue weighted by molar-refractivity contribution is 7.15. The average Bonchev–Trinajstić information content (AvgIpc) is 2.97. The van der Waals surface area contributed by atoms with Crippen LogP contribution < -0.4 is 10.2 Å². The lowest BCUT2D eigenvalue weighted by molar-refractivity contribution is 0.375. The van der Waals surface area contributed by atoms with E-state index in [0.29, 0.717) is 12.1 Å². The molecule has 21 heavy (non-hydrogen) atoms. The first-order valence-electron chi connectivity index (χ1n) is 8.00. The van der Waals surface area contributed by atoms with Crippen LogP contribution >= 0.6 is 11.3 Å². The van der Waals surface area contributed by atoms with Gasteiger partial charge in [-0.25, -0.2) is 4.98 Å². The third-order valence-electron chi connectivity index (χ3n) is 4.43. The van der Waals surface area contributed by atoms with Crippen LogP contribution in [-0.4, -0.2) is 28.0 Å². The summed E-state index contributed by atoms with van der Waals surface area (Å²) in [5.74, 6) is 2.02. The van der Waals surface area contributed by atoms with Gasteiger partial charge < -0.3 is 10.2 Å². The Balaban J connectivity index is 1.93.